The van der Waals surface area contributed by atoms with Crippen LogP contribution < -0.4 is 10.6 Å². The molecule has 2 rings (SSSR count). The van der Waals surface area contributed by atoms with Gasteiger partial charge >= 0.3 is 0 Å². The van der Waals surface area contributed by atoms with E-state index in [1.165, 1.54) is 12.3 Å². The summed E-state index contributed by atoms with van der Waals surface area (Å²) >= 11 is 0. The third-order valence-corrected chi connectivity index (χ3v) is 3.18. The molecule has 1 aromatic heterocycles. The van der Waals surface area contributed by atoms with Crippen molar-refractivity contribution in [2.24, 2.45) is 5.92 Å². The number of nitrogens with one attached hydrogen (secondary N) is 2. The topological polar surface area (TPSA) is 66.9 Å². The molecule has 5 nitrogen and oxygen atoms in total. The molecule has 0 aliphatic carbocycles. The van der Waals surface area contributed by atoms with E-state index in [4.69, 9.17) is 0 Å². The second kappa shape index (κ2) is 7.76. The maximum Gasteiger partial charge on any atom is 0.274 e. The van der Waals surface area contributed by atoms with E-state index < -0.39 is 29.0 Å². The van der Waals surface area contributed by atoms with Crippen molar-refractivity contribution in [2.45, 2.75) is 20.3 Å². The minimum absolute atomic E-state index is 0.0267. The number of anilines is 2. The average Bonchev–Trinajstić information content (AvgIpc) is 2.55. The molecule has 0 aliphatic rings. The van der Waals surface area contributed by atoms with Gasteiger partial charge < -0.3 is 10.6 Å². The summed E-state index contributed by atoms with van der Waals surface area (Å²) in [5.74, 6) is -4.44. The molecule has 2 aromatic rings. The molecule has 0 spiro atoms. The van der Waals surface area contributed by atoms with Crippen molar-refractivity contribution in [1.29, 1.82) is 0 Å². The van der Waals surface area contributed by atoms with Crippen molar-refractivity contribution < 1.29 is 18.0 Å². The standard InChI is InChI=1S/C16H17F3N4O/c1-9(2)5-7-20-16-21-8-6-12(23-16)15(24)22-11-4-3-10(17)13(18)14(11)19/h3-4,6,8-9H,5,7H2,1-2H3,(H,22,24)(H,20,21,23). The van der Waals surface area contributed by atoms with Crippen molar-refractivity contribution >= 4 is 17.5 Å². The van der Waals surface area contributed by atoms with Crippen molar-refractivity contribution in [1.82, 2.24) is 9.97 Å². The van der Waals surface area contributed by atoms with Crippen LogP contribution in [0.3, 0.4) is 0 Å². The Kier molecular flexibility index (Phi) is 5.73. The van der Waals surface area contributed by atoms with E-state index >= 15 is 0 Å². The van der Waals surface area contributed by atoms with Crippen LogP contribution in [0.5, 0.6) is 0 Å². The predicted octanol–water partition coefficient (Wildman–Crippen LogP) is 3.60. The molecule has 1 heterocycles. The molecular formula is C16H17F3N4O. The van der Waals surface area contributed by atoms with Crippen LogP contribution in [-0.4, -0.2) is 22.4 Å². The summed E-state index contributed by atoms with van der Waals surface area (Å²) < 4.78 is 39.7. The van der Waals surface area contributed by atoms with E-state index in [-0.39, 0.29) is 11.6 Å². The zero-order chi connectivity index (χ0) is 17.7. The minimum atomic E-state index is -1.65. The molecule has 128 valence electrons. The van der Waals surface area contributed by atoms with Gasteiger partial charge in [0.05, 0.1) is 5.69 Å². The maximum absolute atomic E-state index is 13.6. The number of carbonyl (C=O) groups excluding carboxylic acids is 1. The number of carbonyl (C=O) groups is 1. The van der Waals surface area contributed by atoms with Crippen LogP contribution in [0.2, 0.25) is 0 Å². The van der Waals surface area contributed by atoms with Gasteiger partial charge in [0.2, 0.25) is 5.95 Å². The fourth-order valence-electron chi connectivity index (χ4n) is 1.85. The zero-order valence-electron chi connectivity index (χ0n) is 13.2. The summed E-state index contributed by atoms with van der Waals surface area (Å²) in [6.45, 7) is 4.78. The fourth-order valence-corrected chi connectivity index (χ4v) is 1.85. The normalized spacial score (nSPS) is 10.8. The van der Waals surface area contributed by atoms with Crippen LogP contribution in [0, 0.1) is 23.4 Å². The van der Waals surface area contributed by atoms with Crippen molar-refractivity contribution in [3.8, 4) is 0 Å². The lowest BCUT2D eigenvalue weighted by atomic mass is 10.1. The van der Waals surface area contributed by atoms with Crippen molar-refractivity contribution in [3.63, 3.8) is 0 Å². The van der Waals surface area contributed by atoms with E-state index in [9.17, 15) is 18.0 Å². The minimum Gasteiger partial charge on any atom is -0.354 e. The number of hydrogen-bond acceptors (Lipinski definition) is 4. The van der Waals surface area contributed by atoms with Gasteiger partial charge in [-0.15, -0.1) is 0 Å². The maximum atomic E-state index is 13.6. The van der Waals surface area contributed by atoms with E-state index in [2.05, 4.69) is 34.4 Å². The van der Waals surface area contributed by atoms with Gasteiger partial charge in [0.1, 0.15) is 5.69 Å². The molecule has 0 bridgehead atoms. The first-order valence-electron chi connectivity index (χ1n) is 7.40. The van der Waals surface area contributed by atoms with Gasteiger partial charge in [0.25, 0.3) is 5.91 Å². The number of hydrogen-bond donors (Lipinski definition) is 2. The van der Waals surface area contributed by atoms with E-state index in [1.807, 2.05) is 0 Å². The van der Waals surface area contributed by atoms with Crippen LogP contribution in [0.1, 0.15) is 30.8 Å². The van der Waals surface area contributed by atoms with Gasteiger partial charge in [0, 0.05) is 12.7 Å². The summed E-state index contributed by atoms with van der Waals surface area (Å²) in [5.41, 5.74) is -0.493. The number of rotatable bonds is 6. The second-order valence-electron chi connectivity index (χ2n) is 5.55. The van der Waals surface area contributed by atoms with Gasteiger partial charge in [-0.3, -0.25) is 4.79 Å². The van der Waals surface area contributed by atoms with Crippen LogP contribution in [-0.2, 0) is 0 Å². The molecule has 2 N–H and O–H groups in total. The van der Waals surface area contributed by atoms with Gasteiger partial charge in [-0.1, -0.05) is 13.8 Å². The highest BCUT2D eigenvalue weighted by Crippen LogP contribution is 2.20. The summed E-state index contributed by atoms with van der Waals surface area (Å²) in [4.78, 5) is 20.1. The third kappa shape index (κ3) is 4.43. The van der Waals surface area contributed by atoms with Crippen molar-refractivity contribution in [3.05, 3.63) is 47.5 Å². The number of nitrogens with zero attached hydrogens (tertiary/aromatic N) is 2. The molecule has 0 aliphatic heterocycles. The average molecular weight is 338 g/mol. The van der Waals surface area contributed by atoms with E-state index in [0.717, 1.165) is 18.6 Å². The highest BCUT2D eigenvalue weighted by molar-refractivity contribution is 6.03. The number of halogens is 3. The molecule has 1 amide bonds. The van der Waals surface area contributed by atoms with Gasteiger partial charge in [-0.05, 0) is 30.5 Å². The highest BCUT2D eigenvalue weighted by Gasteiger charge is 2.17. The van der Waals surface area contributed by atoms with E-state index in [0.29, 0.717) is 12.5 Å². The van der Waals surface area contributed by atoms with E-state index in [1.54, 1.807) is 0 Å². The highest BCUT2D eigenvalue weighted by atomic mass is 19.2. The first-order chi connectivity index (χ1) is 11.4. The van der Waals surface area contributed by atoms with Crippen LogP contribution in [0.4, 0.5) is 24.8 Å². The molecule has 1 aromatic carbocycles. The lowest BCUT2D eigenvalue weighted by molar-refractivity contribution is 0.102. The second-order valence-corrected chi connectivity index (χ2v) is 5.55. The molecule has 24 heavy (non-hydrogen) atoms. The summed E-state index contributed by atoms with van der Waals surface area (Å²) in [6, 6.07) is 3.00. The first kappa shape index (κ1) is 17.7. The molecule has 0 radical (unpaired) electrons. The monoisotopic (exact) mass is 338 g/mol. The predicted molar refractivity (Wildman–Crippen MR) is 84.2 cm³/mol. The third-order valence-electron chi connectivity index (χ3n) is 3.18. The van der Waals surface area contributed by atoms with Gasteiger partial charge in [-0.25, -0.2) is 23.1 Å². The van der Waals surface area contributed by atoms with Gasteiger partial charge in [0.15, 0.2) is 17.5 Å². The lowest BCUT2D eigenvalue weighted by Crippen LogP contribution is -2.17. The van der Waals surface area contributed by atoms with Crippen LogP contribution >= 0.6 is 0 Å². The Balaban J connectivity index is 2.09. The number of amides is 1. The van der Waals surface area contributed by atoms with Crippen LogP contribution in [0.25, 0.3) is 0 Å². The fraction of sp³-hybridized carbons (Fsp3) is 0.312. The summed E-state index contributed by atoms with van der Waals surface area (Å²) in [7, 11) is 0. The molecular weight excluding hydrogens is 321 g/mol. The summed E-state index contributed by atoms with van der Waals surface area (Å²) in [5, 5.41) is 5.13. The molecule has 0 saturated heterocycles. The Labute approximate surface area is 137 Å². The Morgan fingerprint density at radius 2 is 1.92 bits per heavy atom. The van der Waals surface area contributed by atoms with Gasteiger partial charge in [-0.2, -0.15) is 0 Å². The quantitative estimate of drug-likeness (QED) is 0.790. The smallest absolute Gasteiger partial charge is 0.274 e. The lowest BCUT2D eigenvalue weighted by Gasteiger charge is -2.09. The number of benzene rings is 1. The Hall–Kier alpha value is -2.64. The SMILES string of the molecule is CC(C)CCNc1nccc(C(=O)Nc2ccc(F)c(F)c2F)n1. The molecule has 8 heteroatoms. The molecule has 0 atom stereocenters. The number of aromatic nitrogens is 2. The van der Waals surface area contributed by atoms with Crippen LogP contribution in [0.15, 0.2) is 24.4 Å². The molecule has 0 saturated carbocycles. The zero-order valence-corrected chi connectivity index (χ0v) is 13.2. The Morgan fingerprint density at radius 3 is 2.62 bits per heavy atom. The Bertz CT molecular complexity index is 737. The molecule has 0 fully saturated rings. The Morgan fingerprint density at radius 1 is 1.17 bits per heavy atom. The first-order valence-corrected chi connectivity index (χ1v) is 7.40. The van der Waals surface area contributed by atoms with Crippen molar-refractivity contribution in [2.75, 3.05) is 17.2 Å². The summed E-state index contributed by atoms with van der Waals surface area (Å²) in [6.07, 6.45) is 2.28. The largest absolute Gasteiger partial charge is 0.354 e. The molecule has 0 unspecified atom stereocenters.